The molecule has 1 aromatic carbocycles. The van der Waals surface area contributed by atoms with Crippen LogP contribution in [0.2, 0.25) is 0 Å². The van der Waals surface area contributed by atoms with Crippen LogP contribution in [0.4, 0.5) is 4.39 Å². The zero-order valence-electron chi connectivity index (χ0n) is 11.5. The van der Waals surface area contributed by atoms with Gasteiger partial charge in [0.2, 0.25) is 0 Å². The number of hydrogen-bond donors (Lipinski definition) is 2. The first-order valence-corrected chi connectivity index (χ1v) is 6.10. The van der Waals surface area contributed by atoms with E-state index in [2.05, 4.69) is 26.1 Å². The van der Waals surface area contributed by atoms with Crippen LogP contribution in [0.25, 0.3) is 0 Å². The Morgan fingerprint density at radius 2 is 2.06 bits per heavy atom. The second-order valence-electron chi connectivity index (χ2n) is 5.38. The summed E-state index contributed by atoms with van der Waals surface area (Å²) in [5.41, 5.74) is 0.592. The molecule has 0 amide bonds. The Kier molecular flexibility index (Phi) is 5.11. The van der Waals surface area contributed by atoms with Gasteiger partial charge in [-0.15, -0.1) is 0 Å². The number of nitrogens with one attached hydrogen (secondary N) is 1. The lowest BCUT2D eigenvalue weighted by Gasteiger charge is -2.21. The molecule has 0 heterocycles. The molecule has 0 spiro atoms. The van der Waals surface area contributed by atoms with Crippen LogP contribution in [0.5, 0.6) is 5.75 Å². The van der Waals surface area contributed by atoms with E-state index < -0.39 is 11.9 Å². The minimum atomic E-state index is -0.666. The Labute approximate surface area is 108 Å². The van der Waals surface area contributed by atoms with Gasteiger partial charge in [-0.3, -0.25) is 0 Å². The van der Waals surface area contributed by atoms with Gasteiger partial charge >= 0.3 is 0 Å². The van der Waals surface area contributed by atoms with Gasteiger partial charge in [-0.1, -0.05) is 6.07 Å². The van der Waals surface area contributed by atoms with Crippen molar-refractivity contribution >= 4 is 0 Å². The van der Waals surface area contributed by atoms with Gasteiger partial charge in [-0.2, -0.15) is 0 Å². The fourth-order valence-corrected chi connectivity index (χ4v) is 1.64. The van der Waals surface area contributed by atoms with Gasteiger partial charge in [0, 0.05) is 5.54 Å². The maximum Gasteiger partial charge on any atom is 0.165 e. The van der Waals surface area contributed by atoms with Crippen LogP contribution in [-0.4, -0.2) is 24.3 Å². The number of aliphatic hydroxyl groups excluding tert-OH is 1. The van der Waals surface area contributed by atoms with Gasteiger partial charge in [0.1, 0.15) is 0 Å². The smallest absolute Gasteiger partial charge is 0.165 e. The van der Waals surface area contributed by atoms with Crippen molar-refractivity contribution in [1.29, 1.82) is 0 Å². The molecule has 0 aliphatic rings. The highest BCUT2D eigenvalue weighted by atomic mass is 19.1. The van der Waals surface area contributed by atoms with Crippen LogP contribution in [0.15, 0.2) is 18.2 Å². The molecule has 3 nitrogen and oxygen atoms in total. The number of ether oxygens (including phenoxy) is 1. The van der Waals surface area contributed by atoms with Crippen molar-refractivity contribution in [2.24, 2.45) is 0 Å². The van der Waals surface area contributed by atoms with E-state index in [-0.39, 0.29) is 11.3 Å². The first-order chi connectivity index (χ1) is 8.33. The van der Waals surface area contributed by atoms with Crippen LogP contribution >= 0.6 is 0 Å². The third kappa shape index (κ3) is 4.63. The molecule has 1 unspecified atom stereocenters. The third-order valence-electron chi connectivity index (χ3n) is 2.63. The highest BCUT2D eigenvalue weighted by Crippen LogP contribution is 2.23. The van der Waals surface area contributed by atoms with E-state index in [4.69, 9.17) is 4.74 Å². The summed E-state index contributed by atoms with van der Waals surface area (Å²) >= 11 is 0. The minimum absolute atomic E-state index is 0.0187. The Morgan fingerprint density at radius 3 is 2.56 bits per heavy atom. The predicted octanol–water partition coefficient (Wildman–Crippen LogP) is 2.65. The van der Waals surface area contributed by atoms with Crippen molar-refractivity contribution in [2.45, 2.75) is 38.8 Å². The lowest BCUT2D eigenvalue weighted by atomic mass is 10.0. The minimum Gasteiger partial charge on any atom is -0.494 e. The number of methoxy groups -OCH3 is 1. The average Bonchev–Trinajstić information content (AvgIpc) is 2.27. The Hall–Kier alpha value is -1.13. The molecule has 1 rings (SSSR count). The molecule has 0 aliphatic carbocycles. The summed E-state index contributed by atoms with van der Waals surface area (Å²) in [6.07, 6.45) is -0.122. The normalized spacial score (nSPS) is 13.4. The lowest BCUT2D eigenvalue weighted by Crippen LogP contribution is -2.36. The van der Waals surface area contributed by atoms with Gasteiger partial charge in [-0.25, -0.2) is 4.39 Å². The molecule has 0 saturated heterocycles. The Morgan fingerprint density at radius 1 is 1.39 bits per heavy atom. The molecular weight excluding hydrogens is 233 g/mol. The van der Waals surface area contributed by atoms with E-state index in [0.717, 1.165) is 0 Å². The highest BCUT2D eigenvalue weighted by Gasteiger charge is 2.13. The van der Waals surface area contributed by atoms with E-state index in [1.807, 2.05) is 0 Å². The molecule has 0 bridgehead atoms. The molecule has 18 heavy (non-hydrogen) atoms. The summed E-state index contributed by atoms with van der Waals surface area (Å²) in [6.45, 7) is 6.86. The summed E-state index contributed by atoms with van der Waals surface area (Å²) in [6, 6.07) is 4.54. The van der Waals surface area contributed by atoms with Crippen molar-refractivity contribution in [1.82, 2.24) is 5.32 Å². The molecule has 0 saturated carbocycles. The van der Waals surface area contributed by atoms with Crippen LogP contribution in [0.3, 0.4) is 0 Å². The maximum atomic E-state index is 13.5. The summed E-state index contributed by atoms with van der Waals surface area (Å²) in [7, 11) is 1.42. The highest BCUT2D eigenvalue weighted by molar-refractivity contribution is 5.30. The quantitative estimate of drug-likeness (QED) is 0.850. The van der Waals surface area contributed by atoms with E-state index >= 15 is 0 Å². The van der Waals surface area contributed by atoms with Gasteiger partial charge in [0.25, 0.3) is 0 Å². The molecule has 0 aliphatic heterocycles. The maximum absolute atomic E-state index is 13.5. The molecule has 0 fully saturated rings. The first-order valence-electron chi connectivity index (χ1n) is 6.10. The number of aliphatic hydroxyl groups is 1. The zero-order valence-corrected chi connectivity index (χ0v) is 11.5. The van der Waals surface area contributed by atoms with E-state index in [1.54, 1.807) is 6.07 Å². The molecule has 0 aromatic heterocycles. The summed E-state index contributed by atoms with van der Waals surface area (Å²) in [5, 5.41) is 13.2. The van der Waals surface area contributed by atoms with E-state index in [9.17, 15) is 9.50 Å². The fraction of sp³-hybridized carbons (Fsp3) is 0.571. The fourth-order valence-electron chi connectivity index (χ4n) is 1.64. The van der Waals surface area contributed by atoms with Gasteiger partial charge in [0.15, 0.2) is 11.6 Å². The van der Waals surface area contributed by atoms with Crippen LogP contribution in [-0.2, 0) is 0 Å². The standard InChI is InChI=1S/C14H22FNO2/c1-14(2,3)16-8-7-12(17)10-5-6-13(18-4)11(15)9-10/h5-6,9,12,16-17H,7-8H2,1-4H3. The number of rotatable bonds is 5. The van der Waals surface area contributed by atoms with E-state index in [1.165, 1.54) is 19.2 Å². The SMILES string of the molecule is COc1ccc(C(O)CCNC(C)(C)C)cc1F. The zero-order chi connectivity index (χ0) is 13.8. The molecule has 4 heteroatoms. The second-order valence-corrected chi connectivity index (χ2v) is 5.38. The van der Waals surface area contributed by atoms with Crippen molar-refractivity contribution in [3.05, 3.63) is 29.6 Å². The average molecular weight is 255 g/mol. The molecule has 102 valence electrons. The second kappa shape index (κ2) is 6.16. The van der Waals surface area contributed by atoms with Gasteiger partial charge in [0.05, 0.1) is 13.2 Å². The molecule has 1 atom stereocenters. The number of halogens is 1. The number of benzene rings is 1. The third-order valence-corrected chi connectivity index (χ3v) is 2.63. The topological polar surface area (TPSA) is 41.5 Å². The van der Waals surface area contributed by atoms with E-state index in [0.29, 0.717) is 18.5 Å². The Balaban J connectivity index is 2.56. The molecule has 0 radical (unpaired) electrons. The summed E-state index contributed by atoms with van der Waals surface area (Å²) in [5.74, 6) is -0.253. The molecule has 1 aromatic rings. The van der Waals surface area contributed by atoms with Gasteiger partial charge in [-0.05, 0) is 51.4 Å². The van der Waals surface area contributed by atoms with Crippen molar-refractivity contribution < 1.29 is 14.2 Å². The summed E-state index contributed by atoms with van der Waals surface area (Å²) in [4.78, 5) is 0. The number of hydrogen-bond acceptors (Lipinski definition) is 3. The van der Waals surface area contributed by atoms with Gasteiger partial charge < -0.3 is 15.2 Å². The predicted molar refractivity (Wildman–Crippen MR) is 70.3 cm³/mol. The van der Waals surface area contributed by atoms with Crippen LogP contribution in [0, 0.1) is 5.82 Å². The van der Waals surface area contributed by atoms with Crippen LogP contribution in [0.1, 0.15) is 38.9 Å². The largest absolute Gasteiger partial charge is 0.494 e. The van der Waals surface area contributed by atoms with Crippen molar-refractivity contribution in [2.75, 3.05) is 13.7 Å². The Bertz CT molecular complexity index is 388. The lowest BCUT2D eigenvalue weighted by molar-refractivity contribution is 0.163. The molecule has 2 N–H and O–H groups in total. The monoisotopic (exact) mass is 255 g/mol. The molecular formula is C14H22FNO2. The summed E-state index contributed by atoms with van der Waals surface area (Å²) < 4.78 is 18.3. The first kappa shape index (κ1) is 14.9. The van der Waals surface area contributed by atoms with Crippen molar-refractivity contribution in [3.8, 4) is 5.75 Å². The van der Waals surface area contributed by atoms with Crippen molar-refractivity contribution in [3.63, 3.8) is 0 Å². The van der Waals surface area contributed by atoms with Crippen LogP contribution < -0.4 is 10.1 Å².